The third-order valence-corrected chi connectivity index (χ3v) is 7.33. The average molecular weight is 538 g/mol. The Bertz CT molecular complexity index is 1290. The molecule has 5 rings (SSSR count). The summed E-state index contributed by atoms with van der Waals surface area (Å²) in [5.41, 5.74) is 4.22. The molecule has 1 fully saturated rings. The van der Waals surface area contributed by atoms with Crippen LogP contribution in [0, 0.1) is 5.92 Å². The Balaban J connectivity index is 0.00000190. The van der Waals surface area contributed by atoms with E-state index in [0.29, 0.717) is 17.4 Å². The summed E-state index contributed by atoms with van der Waals surface area (Å²) < 4.78 is 0. The topological polar surface area (TPSA) is 52.6 Å². The highest BCUT2D eigenvalue weighted by Gasteiger charge is 2.33. The largest absolute Gasteiger partial charge is 0.478 e. The highest BCUT2D eigenvalue weighted by molar-refractivity contribution is 5.87. The predicted molar refractivity (Wildman–Crippen MR) is 156 cm³/mol. The number of likely N-dealkylation sites (tertiary alicyclic amines) is 1. The van der Waals surface area contributed by atoms with Crippen molar-refractivity contribution in [2.45, 2.75) is 25.4 Å². The number of carboxylic acid groups (broad SMARTS) is 1. The molecule has 1 heterocycles. The summed E-state index contributed by atoms with van der Waals surface area (Å²) in [6, 6.07) is 33.5. The number of rotatable bonds is 8. The monoisotopic (exact) mass is 536 g/mol. The lowest BCUT2D eigenvalue weighted by molar-refractivity contribution is 0.0697. The number of benzene rings is 4. The maximum Gasteiger partial charge on any atom is 0.335 e. The number of nitrogens with zero attached hydrogens (tertiary/aromatic N) is 1. The smallest absolute Gasteiger partial charge is 0.335 e. The number of carboxylic acids is 1. The number of halogens is 2. The second-order valence-electron chi connectivity index (χ2n) is 9.67. The molecule has 0 radical (unpaired) electrons. The highest BCUT2D eigenvalue weighted by atomic mass is 35.5. The van der Waals surface area contributed by atoms with Gasteiger partial charge in [-0.3, -0.25) is 4.90 Å². The quantitative estimate of drug-likeness (QED) is 0.256. The Morgan fingerprint density at radius 2 is 1.57 bits per heavy atom. The zero-order valence-electron chi connectivity index (χ0n) is 20.9. The first-order valence-electron chi connectivity index (χ1n) is 12.4. The SMILES string of the molecule is C[C@@H](NC[C@H]1CN(Cc2ccc(C(=O)O)cc2)C[C@@H]1c1ccccc1)c1cccc2ccccc12.Cl.Cl. The number of hydrogen-bond donors (Lipinski definition) is 2. The molecule has 4 aromatic rings. The van der Waals surface area contributed by atoms with Gasteiger partial charge in [0.05, 0.1) is 5.56 Å². The van der Waals surface area contributed by atoms with Crippen LogP contribution in [0.5, 0.6) is 0 Å². The van der Waals surface area contributed by atoms with E-state index in [-0.39, 0.29) is 30.9 Å². The fourth-order valence-electron chi connectivity index (χ4n) is 5.45. The van der Waals surface area contributed by atoms with Gasteiger partial charge in [-0.2, -0.15) is 0 Å². The van der Waals surface area contributed by atoms with Crippen molar-refractivity contribution in [3.63, 3.8) is 0 Å². The molecule has 0 amide bonds. The lowest BCUT2D eigenvalue weighted by atomic mass is 9.88. The molecule has 4 aromatic carbocycles. The molecule has 0 aliphatic carbocycles. The third kappa shape index (κ3) is 6.71. The van der Waals surface area contributed by atoms with Crippen LogP contribution in [0.15, 0.2) is 97.1 Å². The minimum Gasteiger partial charge on any atom is -0.478 e. The summed E-state index contributed by atoms with van der Waals surface area (Å²) in [5.74, 6) is 0.0724. The van der Waals surface area contributed by atoms with Crippen molar-refractivity contribution in [3.05, 3.63) is 119 Å². The number of carbonyl (C=O) groups is 1. The normalized spacial score (nSPS) is 18.1. The van der Waals surface area contributed by atoms with E-state index in [4.69, 9.17) is 0 Å². The molecule has 3 atom stereocenters. The van der Waals surface area contributed by atoms with Gasteiger partial charge in [-0.05, 0) is 52.4 Å². The van der Waals surface area contributed by atoms with Crippen molar-refractivity contribution in [1.29, 1.82) is 0 Å². The molecule has 0 saturated carbocycles. The summed E-state index contributed by atoms with van der Waals surface area (Å²) in [4.78, 5) is 13.7. The highest BCUT2D eigenvalue weighted by Crippen LogP contribution is 2.34. The standard InChI is InChI=1S/C31H32N2O2.2ClH/c1-22(28-13-7-11-24-10-5-6-12-29(24)28)32-18-27-20-33(21-30(27)25-8-3-2-4-9-25)19-23-14-16-26(17-15-23)31(34)35;;/h2-17,22,27,30,32H,18-21H2,1H3,(H,34,35);2*1H/t22-,27+,30-;;/m1../s1. The molecular weight excluding hydrogens is 503 g/mol. The molecule has 0 spiro atoms. The Labute approximate surface area is 231 Å². The van der Waals surface area contributed by atoms with E-state index in [1.54, 1.807) is 12.1 Å². The molecule has 0 bridgehead atoms. The molecule has 0 unspecified atom stereocenters. The van der Waals surface area contributed by atoms with Gasteiger partial charge in [-0.25, -0.2) is 4.79 Å². The molecule has 1 saturated heterocycles. The summed E-state index contributed by atoms with van der Waals surface area (Å²) in [7, 11) is 0. The maximum absolute atomic E-state index is 11.2. The van der Waals surface area contributed by atoms with Crippen LogP contribution in [0.1, 0.15) is 45.9 Å². The van der Waals surface area contributed by atoms with Crippen LogP contribution in [0.2, 0.25) is 0 Å². The molecule has 0 aromatic heterocycles. The number of fused-ring (bicyclic) bond motifs is 1. The number of nitrogens with one attached hydrogen (secondary N) is 1. The summed E-state index contributed by atoms with van der Waals surface area (Å²) in [5, 5.41) is 15.6. The first kappa shape index (κ1) is 28.7. The molecule has 6 heteroatoms. The third-order valence-electron chi connectivity index (χ3n) is 7.33. The molecular formula is C31H34Cl2N2O2. The zero-order chi connectivity index (χ0) is 24.2. The Morgan fingerprint density at radius 3 is 2.30 bits per heavy atom. The Hall–Kier alpha value is -2.89. The molecule has 1 aliphatic heterocycles. The minimum absolute atomic E-state index is 0. The van der Waals surface area contributed by atoms with Crippen molar-refractivity contribution < 1.29 is 9.90 Å². The van der Waals surface area contributed by atoms with E-state index in [1.807, 2.05) is 12.1 Å². The van der Waals surface area contributed by atoms with Gasteiger partial charge in [-0.1, -0.05) is 84.9 Å². The van der Waals surface area contributed by atoms with Crippen LogP contribution >= 0.6 is 24.8 Å². The van der Waals surface area contributed by atoms with E-state index in [2.05, 4.69) is 89.9 Å². The summed E-state index contributed by atoms with van der Waals surface area (Å²) >= 11 is 0. The molecule has 1 aliphatic rings. The number of hydrogen-bond acceptors (Lipinski definition) is 3. The summed E-state index contributed by atoms with van der Waals surface area (Å²) in [6.07, 6.45) is 0. The van der Waals surface area contributed by atoms with E-state index >= 15 is 0 Å². The second kappa shape index (κ2) is 13.1. The van der Waals surface area contributed by atoms with Crippen LogP contribution < -0.4 is 5.32 Å². The second-order valence-corrected chi connectivity index (χ2v) is 9.67. The van der Waals surface area contributed by atoms with Crippen molar-refractivity contribution in [2.24, 2.45) is 5.92 Å². The lowest BCUT2D eigenvalue weighted by Crippen LogP contribution is -2.30. The molecule has 37 heavy (non-hydrogen) atoms. The van der Waals surface area contributed by atoms with Gasteiger partial charge in [-0.15, -0.1) is 24.8 Å². The van der Waals surface area contributed by atoms with E-state index in [9.17, 15) is 9.90 Å². The van der Waals surface area contributed by atoms with Crippen LogP contribution in [-0.2, 0) is 6.54 Å². The lowest BCUT2D eigenvalue weighted by Gasteiger charge is -2.23. The van der Waals surface area contributed by atoms with Crippen molar-refractivity contribution in [1.82, 2.24) is 10.2 Å². The predicted octanol–water partition coefficient (Wildman–Crippen LogP) is 6.95. The van der Waals surface area contributed by atoms with Crippen molar-refractivity contribution >= 4 is 41.6 Å². The maximum atomic E-state index is 11.2. The van der Waals surface area contributed by atoms with Crippen LogP contribution in [0.3, 0.4) is 0 Å². The van der Waals surface area contributed by atoms with E-state index < -0.39 is 5.97 Å². The minimum atomic E-state index is -0.881. The Morgan fingerprint density at radius 1 is 0.892 bits per heavy atom. The molecule has 4 nitrogen and oxygen atoms in total. The van der Waals surface area contributed by atoms with Gasteiger partial charge < -0.3 is 10.4 Å². The van der Waals surface area contributed by atoms with Crippen LogP contribution in [0.25, 0.3) is 10.8 Å². The average Bonchev–Trinajstić information content (AvgIpc) is 3.30. The first-order chi connectivity index (χ1) is 17.1. The van der Waals surface area contributed by atoms with Crippen LogP contribution in [0.4, 0.5) is 0 Å². The van der Waals surface area contributed by atoms with Gasteiger partial charge in [0.15, 0.2) is 0 Å². The Kier molecular flexibility index (Phi) is 10.1. The van der Waals surface area contributed by atoms with E-state index in [1.165, 1.54) is 21.9 Å². The van der Waals surface area contributed by atoms with Crippen molar-refractivity contribution in [3.8, 4) is 0 Å². The van der Waals surface area contributed by atoms with Gasteiger partial charge >= 0.3 is 5.97 Å². The first-order valence-corrected chi connectivity index (χ1v) is 12.4. The fourth-order valence-corrected chi connectivity index (χ4v) is 5.45. The zero-order valence-corrected chi connectivity index (χ0v) is 22.6. The fraction of sp³-hybridized carbons (Fsp3) is 0.258. The number of aromatic carboxylic acids is 1. The van der Waals surface area contributed by atoms with Gasteiger partial charge in [0, 0.05) is 38.1 Å². The van der Waals surface area contributed by atoms with Gasteiger partial charge in [0.25, 0.3) is 0 Å². The van der Waals surface area contributed by atoms with Gasteiger partial charge in [0.2, 0.25) is 0 Å². The molecule has 2 N–H and O–H groups in total. The van der Waals surface area contributed by atoms with Gasteiger partial charge in [0.1, 0.15) is 0 Å². The van der Waals surface area contributed by atoms with E-state index in [0.717, 1.165) is 31.7 Å². The summed E-state index contributed by atoms with van der Waals surface area (Å²) in [6.45, 7) is 6.04. The van der Waals surface area contributed by atoms with Crippen LogP contribution in [-0.4, -0.2) is 35.6 Å². The van der Waals surface area contributed by atoms with Crippen molar-refractivity contribution in [2.75, 3.05) is 19.6 Å². The molecule has 194 valence electrons.